The van der Waals surface area contributed by atoms with Crippen molar-refractivity contribution in [2.75, 3.05) is 19.6 Å². The van der Waals surface area contributed by atoms with E-state index in [0.29, 0.717) is 29.9 Å². The Bertz CT molecular complexity index is 841. The SMILES string of the molecule is O=S(=O)(c1ccccc1)N1C[C@H]2CN(Cc3cccc(Cl)c3)[C@@H]2C1. The van der Waals surface area contributed by atoms with Gasteiger partial charge in [-0.05, 0) is 29.8 Å². The number of fused-ring (bicyclic) bond motifs is 1. The lowest BCUT2D eigenvalue weighted by atomic mass is 9.91. The number of halogens is 1. The van der Waals surface area contributed by atoms with Crippen molar-refractivity contribution in [2.24, 2.45) is 5.92 Å². The molecule has 2 aliphatic rings. The topological polar surface area (TPSA) is 40.6 Å². The first kappa shape index (κ1) is 16.1. The predicted octanol–water partition coefficient (Wildman–Crippen LogP) is 2.84. The van der Waals surface area contributed by atoms with Crippen LogP contribution in [0.15, 0.2) is 59.5 Å². The molecule has 0 bridgehead atoms. The summed E-state index contributed by atoms with van der Waals surface area (Å²) >= 11 is 6.05. The first-order valence-electron chi connectivity index (χ1n) is 8.08. The van der Waals surface area contributed by atoms with Crippen molar-refractivity contribution in [2.45, 2.75) is 17.5 Å². The number of sulfonamides is 1. The van der Waals surface area contributed by atoms with Gasteiger partial charge in [0.15, 0.2) is 0 Å². The van der Waals surface area contributed by atoms with Crippen LogP contribution in [-0.2, 0) is 16.6 Å². The average molecular weight is 363 g/mol. The first-order valence-corrected chi connectivity index (χ1v) is 9.89. The van der Waals surface area contributed by atoms with Gasteiger partial charge < -0.3 is 0 Å². The van der Waals surface area contributed by atoms with Crippen molar-refractivity contribution >= 4 is 21.6 Å². The van der Waals surface area contributed by atoms with Crippen LogP contribution >= 0.6 is 11.6 Å². The highest BCUT2D eigenvalue weighted by atomic mass is 35.5. The molecule has 0 aromatic heterocycles. The maximum atomic E-state index is 12.8. The summed E-state index contributed by atoms with van der Waals surface area (Å²) in [7, 11) is -3.38. The van der Waals surface area contributed by atoms with Gasteiger partial charge in [-0.15, -0.1) is 0 Å². The lowest BCUT2D eigenvalue weighted by Crippen LogP contribution is -2.54. The number of nitrogens with zero attached hydrogens (tertiary/aromatic N) is 2. The Morgan fingerprint density at radius 3 is 2.54 bits per heavy atom. The monoisotopic (exact) mass is 362 g/mol. The van der Waals surface area contributed by atoms with Crippen LogP contribution in [0, 0.1) is 5.92 Å². The Hall–Kier alpha value is -1.40. The molecule has 2 aromatic rings. The molecule has 0 saturated carbocycles. The van der Waals surface area contributed by atoms with Crippen LogP contribution in [0.25, 0.3) is 0 Å². The third-order valence-electron chi connectivity index (χ3n) is 4.97. The van der Waals surface area contributed by atoms with Crippen LogP contribution in [0.2, 0.25) is 5.02 Å². The van der Waals surface area contributed by atoms with E-state index in [9.17, 15) is 8.42 Å². The first-order chi connectivity index (χ1) is 11.5. The Balaban J connectivity index is 1.46. The van der Waals surface area contributed by atoms with Gasteiger partial charge in [0.1, 0.15) is 0 Å². The zero-order valence-electron chi connectivity index (χ0n) is 13.2. The third-order valence-corrected chi connectivity index (χ3v) is 7.05. The van der Waals surface area contributed by atoms with Crippen LogP contribution in [0.4, 0.5) is 0 Å². The Labute approximate surface area is 147 Å². The van der Waals surface area contributed by atoms with E-state index >= 15 is 0 Å². The Kier molecular flexibility index (Phi) is 4.12. The molecule has 24 heavy (non-hydrogen) atoms. The molecule has 126 valence electrons. The van der Waals surface area contributed by atoms with E-state index in [0.717, 1.165) is 18.1 Å². The molecule has 0 N–H and O–H groups in total. The van der Waals surface area contributed by atoms with Crippen molar-refractivity contribution < 1.29 is 8.42 Å². The summed E-state index contributed by atoms with van der Waals surface area (Å²) in [5, 5.41) is 0.740. The smallest absolute Gasteiger partial charge is 0.243 e. The van der Waals surface area contributed by atoms with Gasteiger partial charge in [0.25, 0.3) is 0 Å². The van der Waals surface area contributed by atoms with E-state index in [4.69, 9.17) is 11.6 Å². The van der Waals surface area contributed by atoms with Crippen LogP contribution in [0.3, 0.4) is 0 Å². The molecule has 0 aliphatic carbocycles. The highest BCUT2D eigenvalue weighted by molar-refractivity contribution is 7.89. The van der Waals surface area contributed by atoms with E-state index in [1.807, 2.05) is 24.3 Å². The highest BCUT2D eigenvalue weighted by Gasteiger charge is 2.48. The molecular weight excluding hydrogens is 344 g/mol. The molecule has 2 aliphatic heterocycles. The van der Waals surface area contributed by atoms with Crippen molar-refractivity contribution in [3.8, 4) is 0 Å². The van der Waals surface area contributed by atoms with Gasteiger partial charge in [0.2, 0.25) is 10.0 Å². The molecule has 2 saturated heterocycles. The second-order valence-corrected chi connectivity index (χ2v) is 8.90. The van der Waals surface area contributed by atoms with E-state index in [2.05, 4.69) is 11.0 Å². The zero-order valence-corrected chi connectivity index (χ0v) is 14.7. The maximum absolute atomic E-state index is 12.8. The fraction of sp³-hybridized carbons (Fsp3) is 0.333. The summed E-state index contributed by atoms with van der Waals surface area (Å²) in [6.07, 6.45) is 0. The van der Waals surface area contributed by atoms with Gasteiger partial charge in [-0.2, -0.15) is 4.31 Å². The number of benzene rings is 2. The number of likely N-dealkylation sites (tertiary alicyclic amines) is 1. The summed E-state index contributed by atoms with van der Waals surface area (Å²) in [6, 6.07) is 16.9. The molecule has 0 radical (unpaired) electrons. The second kappa shape index (κ2) is 6.15. The normalized spacial score (nSPS) is 24.5. The van der Waals surface area contributed by atoms with Crippen molar-refractivity contribution in [3.63, 3.8) is 0 Å². The van der Waals surface area contributed by atoms with Gasteiger partial charge >= 0.3 is 0 Å². The molecular formula is C18H19ClN2O2S. The Morgan fingerprint density at radius 1 is 1.00 bits per heavy atom. The summed E-state index contributed by atoms with van der Waals surface area (Å²) in [5.41, 5.74) is 1.17. The molecule has 0 unspecified atom stereocenters. The lowest BCUT2D eigenvalue weighted by Gasteiger charge is -2.43. The maximum Gasteiger partial charge on any atom is 0.243 e. The fourth-order valence-corrected chi connectivity index (χ4v) is 5.45. The van der Waals surface area contributed by atoms with Crippen LogP contribution in [-0.4, -0.2) is 43.3 Å². The lowest BCUT2D eigenvalue weighted by molar-refractivity contribution is 0.0435. The highest BCUT2D eigenvalue weighted by Crippen LogP contribution is 2.36. The van der Waals surface area contributed by atoms with Crippen molar-refractivity contribution in [3.05, 3.63) is 65.2 Å². The van der Waals surface area contributed by atoms with Gasteiger partial charge in [-0.3, -0.25) is 4.90 Å². The zero-order chi connectivity index (χ0) is 16.7. The van der Waals surface area contributed by atoms with Gasteiger partial charge in [0.05, 0.1) is 4.90 Å². The quantitative estimate of drug-likeness (QED) is 0.839. The molecule has 0 spiro atoms. The van der Waals surface area contributed by atoms with Crippen LogP contribution < -0.4 is 0 Å². The molecule has 2 atom stereocenters. The van der Waals surface area contributed by atoms with E-state index in [-0.39, 0.29) is 0 Å². The molecule has 0 amide bonds. The average Bonchev–Trinajstić information content (AvgIpc) is 2.91. The molecule has 6 heteroatoms. The van der Waals surface area contributed by atoms with Gasteiger partial charge in [-0.1, -0.05) is 41.9 Å². The number of hydrogen-bond donors (Lipinski definition) is 0. The molecule has 2 aromatic carbocycles. The van der Waals surface area contributed by atoms with Crippen LogP contribution in [0.1, 0.15) is 5.56 Å². The van der Waals surface area contributed by atoms with E-state index in [1.54, 1.807) is 28.6 Å². The largest absolute Gasteiger partial charge is 0.294 e. The Morgan fingerprint density at radius 2 is 1.79 bits per heavy atom. The summed E-state index contributed by atoms with van der Waals surface area (Å²) in [6.45, 7) is 2.95. The fourth-order valence-electron chi connectivity index (χ4n) is 3.70. The van der Waals surface area contributed by atoms with Crippen molar-refractivity contribution in [1.29, 1.82) is 0 Å². The number of hydrogen-bond acceptors (Lipinski definition) is 3. The minimum absolute atomic E-state index is 0.308. The summed E-state index contributed by atoms with van der Waals surface area (Å²) < 4.78 is 27.1. The second-order valence-electron chi connectivity index (χ2n) is 6.52. The van der Waals surface area contributed by atoms with E-state index in [1.165, 1.54) is 5.56 Å². The summed E-state index contributed by atoms with van der Waals surface area (Å²) in [5.74, 6) is 0.433. The standard InChI is InChI=1S/C18H19ClN2O2S/c19-16-6-4-5-14(9-16)10-20-11-15-12-21(13-18(15)20)24(22,23)17-7-2-1-3-8-17/h1-9,15,18H,10-13H2/t15-,18-/m1/s1. The number of rotatable bonds is 4. The van der Waals surface area contributed by atoms with Gasteiger partial charge in [-0.25, -0.2) is 8.42 Å². The molecule has 2 fully saturated rings. The van der Waals surface area contributed by atoms with Gasteiger partial charge in [0, 0.05) is 43.2 Å². The molecule has 4 rings (SSSR count). The molecule has 4 nitrogen and oxygen atoms in total. The third kappa shape index (κ3) is 2.86. The van der Waals surface area contributed by atoms with E-state index < -0.39 is 10.0 Å². The minimum Gasteiger partial charge on any atom is -0.294 e. The van der Waals surface area contributed by atoms with Crippen molar-refractivity contribution in [1.82, 2.24) is 9.21 Å². The molecule has 2 heterocycles. The minimum atomic E-state index is -3.38. The summed E-state index contributed by atoms with van der Waals surface area (Å²) in [4.78, 5) is 2.73. The van der Waals surface area contributed by atoms with Crippen LogP contribution in [0.5, 0.6) is 0 Å². The predicted molar refractivity (Wildman–Crippen MR) is 94.3 cm³/mol.